The minimum atomic E-state index is -0.230. The van der Waals surface area contributed by atoms with Gasteiger partial charge in [0.05, 0.1) is 34.2 Å². The Bertz CT molecular complexity index is 5050. The molecule has 3 saturated heterocycles. The van der Waals surface area contributed by atoms with Crippen LogP contribution in [0, 0.1) is 40.4 Å². The second-order valence-corrected chi connectivity index (χ2v) is 28.1. The molecule has 6 aliphatic rings. The molecule has 3 aliphatic carbocycles. The average molecular weight is 1350 g/mol. The van der Waals surface area contributed by atoms with Crippen LogP contribution in [0.4, 0.5) is 21.8 Å². The molecule has 0 spiro atoms. The SMILES string of the molecule is Cc1[nH]c(C2CCN(c3ncnc4c3C=C(c3ccccc3)C4)CC2)nc1-c1ccccc1.Cc1ccc(C2=Cc3c(ncnc3N3CCC(c4nc(-c5ccc(F)cc5)c(C)[nH]4)CC3)C2)cc1.Cc1ccc(C2=Cc3c(ncnc3N3CCC(c4nc(-c5ccccc5)c(C)[nH]4)CC3)C2)cc1. The summed E-state index contributed by atoms with van der Waals surface area (Å²) in [7, 11) is 0. The van der Waals surface area contributed by atoms with Crippen molar-refractivity contribution in [1.29, 1.82) is 0 Å². The van der Waals surface area contributed by atoms with Crippen LogP contribution in [0.1, 0.15) is 152 Å². The normalized spacial score (nSPS) is 15.9. The summed E-state index contributed by atoms with van der Waals surface area (Å²) < 4.78 is 13.3. The van der Waals surface area contributed by atoms with Crippen molar-refractivity contribution in [2.45, 2.75) is 110 Å². The van der Waals surface area contributed by atoms with Gasteiger partial charge in [-0.25, -0.2) is 49.2 Å². The van der Waals surface area contributed by atoms with Crippen molar-refractivity contribution in [1.82, 2.24) is 59.8 Å². The predicted molar refractivity (Wildman–Crippen MR) is 408 cm³/mol. The molecule has 102 heavy (non-hydrogen) atoms. The summed E-state index contributed by atoms with van der Waals surface area (Å²) in [6.45, 7) is 16.3. The Kier molecular flexibility index (Phi) is 18.4. The molecule has 12 aromatic rings. The Morgan fingerprint density at radius 3 is 0.912 bits per heavy atom. The summed E-state index contributed by atoms with van der Waals surface area (Å²) >= 11 is 0. The zero-order valence-electron chi connectivity index (χ0n) is 58.6. The van der Waals surface area contributed by atoms with Gasteiger partial charge in [0.1, 0.15) is 59.7 Å². The van der Waals surface area contributed by atoms with Gasteiger partial charge in [-0.2, -0.15) is 0 Å². The monoisotopic (exact) mass is 1350 g/mol. The van der Waals surface area contributed by atoms with Gasteiger partial charge in [0, 0.05) is 127 Å². The molecular weight excluding hydrogens is 1260 g/mol. The lowest BCUT2D eigenvalue weighted by atomic mass is 9.96. The standard InChI is InChI=1S/C29H28FN5.C29H29N5.C28H27N5/c1-18-3-5-20(6-4-18)23-15-25-26(16-23)31-17-32-29(25)35-13-11-22(12-14-35)28-33-19(2)27(34-28)21-7-9-24(30)10-8-21;1-19-8-10-21(11-9-19)24-16-25-26(17-24)30-18-31-29(25)34-14-12-23(13-15-34)28-32-20(2)27(33-28)22-6-4-3-5-7-22;1-19-26(21-10-6-3-7-11-21)32-27(31-19)22-12-14-33(15-13-22)28-24-16-23(17-25(24)29-18-30-28)20-8-4-2-5-9-20/h3-10,15,17,22H,11-14,16H2,1-2H3,(H,33,34);3-11,16,18,23H,12-15,17H2,1-2H3,(H,32,33);2-11,16,18,22H,12-15,17H2,1H3,(H,31,32). The molecule has 0 radical (unpaired) electrons. The number of aryl methyl sites for hydroxylation is 5. The Morgan fingerprint density at radius 2 is 0.598 bits per heavy atom. The van der Waals surface area contributed by atoms with Gasteiger partial charge in [0.25, 0.3) is 0 Å². The number of hydrogen-bond donors (Lipinski definition) is 3. The lowest BCUT2D eigenvalue weighted by molar-refractivity contribution is 0.486. The van der Waals surface area contributed by atoms with Crippen LogP contribution in [0.5, 0.6) is 0 Å². The molecule has 3 fully saturated rings. The van der Waals surface area contributed by atoms with Crippen LogP contribution in [-0.2, 0) is 19.3 Å². The van der Waals surface area contributed by atoms with Gasteiger partial charge >= 0.3 is 0 Å². The van der Waals surface area contributed by atoms with E-state index in [2.05, 4.69) is 218 Å². The van der Waals surface area contributed by atoms with Gasteiger partial charge < -0.3 is 29.7 Å². The number of halogens is 1. The van der Waals surface area contributed by atoms with Crippen LogP contribution >= 0.6 is 0 Å². The molecule has 0 bridgehead atoms. The van der Waals surface area contributed by atoms with Crippen LogP contribution in [-0.4, -0.2) is 99.1 Å². The minimum absolute atomic E-state index is 0.230. The van der Waals surface area contributed by atoms with Crippen molar-refractivity contribution in [3.05, 3.63) is 285 Å². The van der Waals surface area contributed by atoms with E-state index in [0.717, 1.165) is 194 Å². The lowest BCUT2D eigenvalue weighted by Crippen LogP contribution is -2.34. The number of piperidine rings is 3. The Balaban J connectivity index is 0.000000118. The molecule has 15 nitrogen and oxygen atoms in total. The smallest absolute Gasteiger partial charge is 0.139 e. The topological polar surface area (TPSA) is 173 Å². The van der Waals surface area contributed by atoms with E-state index in [9.17, 15) is 4.39 Å². The molecule has 16 heteroatoms. The van der Waals surface area contributed by atoms with E-state index < -0.39 is 0 Å². The number of aromatic nitrogens is 12. The largest absolute Gasteiger partial charge is 0.356 e. The molecule has 9 heterocycles. The Hall–Kier alpha value is -11.3. The van der Waals surface area contributed by atoms with Gasteiger partial charge in [-0.3, -0.25) is 0 Å². The predicted octanol–water partition coefficient (Wildman–Crippen LogP) is 17.7. The number of rotatable bonds is 12. The highest BCUT2D eigenvalue weighted by Gasteiger charge is 2.32. The number of nitrogens with zero attached hydrogens (tertiary/aromatic N) is 12. The maximum Gasteiger partial charge on any atom is 0.139 e. The van der Waals surface area contributed by atoms with Crippen LogP contribution in [0.15, 0.2) is 183 Å². The second-order valence-electron chi connectivity index (χ2n) is 28.1. The molecular formula is C86H84FN15. The highest BCUT2D eigenvalue weighted by atomic mass is 19.1. The summed E-state index contributed by atoms with van der Waals surface area (Å²) in [6.07, 6.45) is 20.9. The first kappa shape index (κ1) is 65.4. The van der Waals surface area contributed by atoms with Crippen molar-refractivity contribution in [2.75, 3.05) is 54.0 Å². The highest BCUT2D eigenvalue weighted by Crippen LogP contribution is 2.42. The van der Waals surface area contributed by atoms with E-state index in [1.807, 2.05) is 19.1 Å². The molecule has 0 saturated carbocycles. The zero-order chi connectivity index (χ0) is 69.2. The minimum Gasteiger partial charge on any atom is -0.356 e. The first-order chi connectivity index (χ1) is 50.0. The van der Waals surface area contributed by atoms with Gasteiger partial charge in [0.15, 0.2) is 0 Å². The summed E-state index contributed by atoms with van der Waals surface area (Å²) in [5.74, 6) is 7.48. The molecule has 3 aliphatic heterocycles. The first-order valence-electron chi connectivity index (χ1n) is 36.1. The number of hydrogen-bond acceptors (Lipinski definition) is 12. The Labute approximate surface area is 596 Å². The molecule has 6 aromatic carbocycles. The number of anilines is 3. The average Bonchev–Trinajstić information content (AvgIpc) is 1.63. The van der Waals surface area contributed by atoms with E-state index in [-0.39, 0.29) is 5.82 Å². The van der Waals surface area contributed by atoms with Crippen molar-refractivity contribution in [3.63, 3.8) is 0 Å². The molecule has 0 amide bonds. The van der Waals surface area contributed by atoms with Crippen LogP contribution < -0.4 is 14.7 Å². The third kappa shape index (κ3) is 13.8. The van der Waals surface area contributed by atoms with E-state index in [4.69, 9.17) is 29.9 Å². The molecule has 3 N–H and O–H groups in total. The molecule has 0 unspecified atom stereocenters. The molecule has 510 valence electrons. The third-order valence-corrected chi connectivity index (χ3v) is 21.3. The number of aromatic amines is 3. The number of benzene rings is 6. The fourth-order valence-corrected chi connectivity index (χ4v) is 15.6. The third-order valence-electron chi connectivity index (χ3n) is 21.3. The summed E-state index contributed by atoms with van der Waals surface area (Å²) in [5.41, 5.74) is 26.9. The first-order valence-corrected chi connectivity index (χ1v) is 36.1. The van der Waals surface area contributed by atoms with Gasteiger partial charge in [0.2, 0.25) is 0 Å². The molecule has 0 atom stereocenters. The fraction of sp³-hybridized carbons (Fsp3) is 0.267. The number of fused-ring (bicyclic) bond motifs is 3. The van der Waals surface area contributed by atoms with Crippen LogP contribution in [0.3, 0.4) is 0 Å². The van der Waals surface area contributed by atoms with Crippen molar-refractivity contribution in [2.24, 2.45) is 0 Å². The molecule has 6 aromatic heterocycles. The second kappa shape index (κ2) is 28.8. The quantitative estimate of drug-likeness (QED) is 0.106. The maximum absolute atomic E-state index is 13.3. The van der Waals surface area contributed by atoms with Gasteiger partial charge in [-0.15, -0.1) is 0 Å². The summed E-state index contributed by atoms with van der Waals surface area (Å²) in [5, 5.41) is 0. The van der Waals surface area contributed by atoms with Crippen molar-refractivity contribution < 1.29 is 4.39 Å². The Morgan fingerprint density at radius 1 is 0.324 bits per heavy atom. The van der Waals surface area contributed by atoms with E-state index in [1.54, 1.807) is 31.1 Å². The van der Waals surface area contributed by atoms with Crippen LogP contribution in [0.25, 0.3) is 68.7 Å². The zero-order valence-corrected chi connectivity index (χ0v) is 58.6. The summed E-state index contributed by atoms with van der Waals surface area (Å²) in [4.78, 5) is 60.7. The number of allylic oxidation sites excluding steroid dienone is 3. The van der Waals surface area contributed by atoms with Gasteiger partial charge in [-0.05, 0) is 149 Å². The number of nitrogens with one attached hydrogen (secondary N) is 3. The van der Waals surface area contributed by atoms with E-state index >= 15 is 0 Å². The van der Waals surface area contributed by atoms with Crippen molar-refractivity contribution >= 4 is 52.4 Å². The summed E-state index contributed by atoms with van der Waals surface area (Å²) in [6, 6.07) is 55.5. The fourth-order valence-electron chi connectivity index (χ4n) is 15.6. The number of imidazole rings is 3. The number of H-pyrrole nitrogens is 3. The van der Waals surface area contributed by atoms with E-state index in [0.29, 0.717) is 17.8 Å². The van der Waals surface area contributed by atoms with Gasteiger partial charge in [-0.1, -0.05) is 151 Å². The lowest BCUT2D eigenvalue weighted by Gasteiger charge is -2.32. The van der Waals surface area contributed by atoms with E-state index in [1.165, 1.54) is 78.9 Å². The molecule has 18 rings (SSSR count). The van der Waals surface area contributed by atoms with Crippen molar-refractivity contribution in [3.8, 4) is 33.8 Å². The highest BCUT2D eigenvalue weighted by molar-refractivity contribution is 5.93. The maximum atomic E-state index is 13.3. The van der Waals surface area contributed by atoms with Crippen LogP contribution in [0.2, 0.25) is 0 Å².